The van der Waals surface area contributed by atoms with E-state index in [1.165, 1.54) is 12.1 Å². The highest BCUT2D eigenvalue weighted by Crippen LogP contribution is 2.32. The average molecular weight is 477 g/mol. The molecular weight excluding hydrogens is 448 g/mol. The van der Waals surface area contributed by atoms with E-state index in [9.17, 15) is 19.2 Å². The Hall–Kier alpha value is -3.37. The smallest absolute Gasteiger partial charge is 0.262 e. The van der Waals surface area contributed by atoms with Gasteiger partial charge in [-0.2, -0.15) is 0 Å². The Labute approximate surface area is 202 Å². The van der Waals surface area contributed by atoms with Crippen LogP contribution in [0.3, 0.4) is 0 Å². The summed E-state index contributed by atoms with van der Waals surface area (Å²) in [4.78, 5) is 58.4. The third-order valence-corrected chi connectivity index (χ3v) is 7.63. The van der Waals surface area contributed by atoms with Crippen LogP contribution in [-0.2, 0) is 29.1 Å². The second-order valence-corrected chi connectivity index (χ2v) is 9.79. The average Bonchev–Trinajstić information content (AvgIpc) is 3.39. The highest BCUT2D eigenvalue weighted by molar-refractivity contribution is 6.24. The topological polar surface area (TPSA) is 117 Å². The molecule has 2 aromatic rings. The van der Waals surface area contributed by atoms with Gasteiger partial charge in [-0.15, -0.1) is 0 Å². The Bertz CT molecular complexity index is 1230. The van der Waals surface area contributed by atoms with Crippen LogP contribution >= 0.6 is 0 Å². The molecule has 10 heteroatoms. The number of imide groups is 2. The third-order valence-electron chi connectivity index (χ3n) is 7.63. The molecule has 2 N–H and O–H groups in total. The molecule has 6 rings (SSSR count). The highest BCUT2D eigenvalue weighted by atomic mass is 16.2. The number of benzene rings is 1. The second kappa shape index (κ2) is 8.69. The molecule has 1 aromatic carbocycles. The number of piperidine rings is 2. The van der Waals surface area contributed by atoms with Crippen molar-refractivity contribution in [3.05, 3.63) is 52.6 Å². The van der Waals surface area contributed by atoms with Gasteiger partial charge >= 0.3 is 0 Å². The number of aromatic nitrogens is 2. The first kappa shape index (κ1) is 22.1. The summed E-state index contributed by atoms with van der Waals surface area (Å²) < 4.78 is 2.33. The Balaban J connectivity index is 1.21. The Kier molecular flexibility index (Phi) is 5.49. The summed E-state index contributed by atoms with van der Waals surface area (Å²) in [5, 5.41) is 5.72. The molecule has 0 spiro atoms. The van der Waals surface area contributed by atoms with E-state index in [1.807, 2.05) is 12.4 Å². The van der Waals surface area contributed by atoms with Gasteiger partial charge in [-0.25, -0.2) is 4.98 Å². The van der Waals surface area contributed by atoms with Gasteiger partial charge < -0.3 is 9.88 Å². The maximum atomic E-state index is 13.4. The summed E-state index contributed by atoms with van der Waals surface area (Å²) >= 11 is 0. The van der Waals surface area contributed by atoms with Crippen molar-refractivity contribution in [2.24, 2.45) is 0 Å². The first-order valence-electron chi connectivity index (χ1n) is 12.3. The zero-order valence-electron chi connectivity index (χ0n) is 19.5. The van der Waals surface area contributed by atoms with Crippen LogP contribution in [0.4, 0.5) is 0 Å². The summed E-state index contributed by atoms with van der Waals surface area (Å²) in [6.07, 6.45) is 5.44. The molecule has 10 nitrogen and oxygen atoms in total. The van der Waals surface area contributed by atoms with E-state index in [2.05, 4.69) is 20.1 Å². The number of rotatable bonds is 4. The first-order chi connectivity index (χ1) is 17.0. The summed E-state index contributed by atoms with van der Waals surface area (Å²) in [6.45, 7) is 4.09. The van der Waals surface area contributed by atoms with Crippen LogP contribution in [0.2, 0.25) is 0 Å². The van der Waals surface area contributed by atoms with E-state index in [1.54, 1.807) is 12.1 Å². The predicted octanol–water partition coefficient (Wildman–Crippen LogP) is 0.767. The normalized spacial score (nSPS) is 25.0. The molecule has 4 aliphatic heterocycles. The minimum absolute atomic E-state index is 0.107. The first-order valence-corrected chi connectivity index (χ1v) is 12.3. The Morgan fingerprint density at radius 1 is 1.06 bits per heavy atom. The fourth-order valence-electron chi connectivity index (χ4n) is 5.86. The van der Waals surface area contributed by atoms with E-state index < -0.39 is 23.8 Å². The number of nitrogens with one attached hydrogen (secondary N) is 2. The molecule has 0 radical (unpaired) electrons. The minimum Gasteiger partial charge on any atom is -0.330 e. The number of nitrogens with zero attached hydrogens (tertiary/aromatic N) is 4. The van der Waals surface area contributed by atoms with Gasteiger partial charge in [-0.05, 0) is 37.4 Å². The van der Waals surface area contributed by atoms with Crippen LogP contribution in [0.25, 0.3) is 0 Å². The highest BCUT2D eigenvalue weighted by Gasteiger charge is 2.45. The molecule has 4 aliphatic rings. The zero-order chi connectivity index (χ0) is 24.1. The van der Waals surface area contributed by atoms with Gasteiger partial charge in [0.1, 0.15) is 6.04 Å². The molecule has 2 fully saturated rings. The van der Waals surface area contributed by atoms with E-state index in [0.717, 1.165) is 48.6 Å². The number of carbonyl (C=O) groups is 4. The van der Waals surface area contributed by atoms with E-state index in [-0.39, 0.29) is 18.7 Å². The summed E-state index contributed by atoms with van der Waals surface area (Å²) in [5.41, 5.74) is 3.83. The lowest BCUT2D eigenvalue weighted by atomic mass is 10.0. The molecular formula is C25H28N6O4. The number of hydrogen-bond acceptors (Lipinski definition) is 7. The van der Waals surface area contributed by atoms with Crippen molar-refractivity contribution >= 4 is 23.6 Å². The number of carbonyl (C=O) groups excluding carboxylic acids is 4. The van der Waals surface area contributed by atoms with Crippen molar-refractivity contribution in [2.75, 3.05) is 19.6 Å². The molecule has 2 unspecified atom stereocenters. The van der Waals surface area contributed by atoms with Crippen LogP contribution in [0.5, 0.6) is 0 Å². The van der Waals surface area contributed by atoms with E-state index >= 15 is 0 Å². The van der Waals surface area contributed by atoms with Crippen LogP contribution < -0.4 is 10.6 Å². The van der Waals surface area contributed by atoms with Crippen molar-refractivity contribution in [2.45, 2.75) is 57.3 Å². The van der Waals surface area contributed by atoms with Crippen molar-refractivity contribution in [1.82, 2.24) is 30.0 Å². The van der Waals surface area contributed by atoms with Crippen LogP contribution in [0.15, 0.2) is 24.5 Å². The fourth-order valence-corrected chi connectivity index (χ4v) is 5.86. The molecule has 182 valence electrons. The molecule has 4 amide bonds. The van der Waals surface area contributed by atoms with Crippen molar-refractivity contribution in [3.63, 3.8) is 0 Å². The van der Waals surface area contributed by atoms with Gasteiger partial charge in [-0.3, -0.25) is 34.3 Å². The summed E-state index contributed by atoms with van der Waals surface area (Å²) in [6, 6.07) is 4.79. The quantitative estimate of drug-likeness (QED) is 0.626. The van der Waals surface area contributed by atoms with Crippen molar-refractivity contribution < 1.29 is 19.2 Å². The Morgan fingerprint density at radius 3 is 2.74 bits per heavy atom. The molecule has 35 heavy (non-hydrogen) atoms. The molecule has 0 aliphatic carbocycles. The molecule has 2 saturated heterocycles. The summed E-state index contributed by atoms with van der Waals surface area (Å²) in [7, 11) is 0. The van der Waals surface area contributed by atoms with Crippen molar-refractivity contribution in [3.8, 4) is 0 Å². The van der Waals surface area contributed by atoms with Gasteiger partial charge in [0.15, 0.2) is 0 Å². The largest absolute Gasteiger partial charge is 0.330 e. The van der Waals surface area contributed by atoms with E-state index in [4.69, 9.17) is 4.98 Å². The van der Waals surface area contributed by atoms with Gasteiger partial charge in [0.2, 0.25) is 11.8 Å². The molecule has 2 atom stereocenters. The molecule has 5 heterocycles. The standard InChI is InChI=1S/C25H28N6O4/c32-21-7-6-20(23(33)28-21)31-24(34)17-5-1-3-15(22(17)25(31)35)12-29-10-8-19-18(13-29)27-14-30(19)16-4-2-9-26-11-16/h1,3,5,14,16,20,26H,2,4,6-13H2,(H,28,32,33). The number of hydrogen-bond donors (Lipinski definition) is 2. The monoisotopic (exact) mass is 476 g/mol. The maximum absolute atomic E-state index is 13.4. The second-order valence-electron chi connectivity index (χ2n) is 9.79. The lowest BCUT2D eigenvalue weighted by molar-refractivity contribution is -0.136. The number of fused-ring (bicyclic) bond motifs is 2. The molecule has 0 bridgehead atoms. The van der Waals surface area contributed by atoms with Gasteiger partial charge in [-0.1, -0.05) is 12.1 Å². The number of amides is 4. The number of imidazole rings is 1. The molecule has 0 saturated carbocycles. The zero-order valence-corrected chi connectivity index (χ0v) is 19.5. The van der Waals surface area contributed by atoms with Gasteiger partial charge in [0.25, 0.3) is 11.8 Å². The van der Waals surface area contributed by atoms with Crippen molar-refractivity contribution in [1.29, 1.82) is 0 Å². The summed E-state index contributed by atoms with van der Waals surface area (Å²) in [5.74, 6) is -1.90. The van der Waals surface area contributed by atoms with E-state index in [0.29, 0.717) is 30.3 Å². The van der Waals surface area contributed by atoms with Crippen LogP contribution in [0, 0.1) is 0 Å². The lowest BCUT2D eigenvalue weighted by Crippen LogP contribution is -2.54. The Morgan fingerprint density at radius 2 is 1.94 bits per heavy atom. The lowest BCUT2D eigenvalue weighted by Gasteiger charge is -2.30. The predicted molar refractivity (Wildman–Crippen MR) is 124 cm³/mol. The van der Waals surface area contributed by atoms with Crippen LogP contribution in [0.1, 0.15) is 69.4 Å². The third kappa shape index (κ3) is 3.77. The molecule has 1 aromatic heterocycles. The maximum Gasteiger partial charge on any atom is 0.262 e. The van der Waals surface area contributed by atoms with Gasteiger partial charge in [0.05, 0.1) is 23.1 Å². The van der Waals surface area contributed by atoms with Crippen LogP contribution in [-0.4, -0.2) is 68.7 Å². The minimum atomic E-state index is -0.955. The SMILES string of the molecule is O=C1CCC(N2C(=O)c3cccc(CN4CCc5c(ncn5C5CCCNC5)C4)c3C2=O)C(=O)N1. The van der Waals surface area contributed by atoms with Gasteiger partial charge in [0, 0.05) is 50.8 Å². The fraction of sp³-hybridized carbons (Fsp3) is 0.480.